The van der Waals surface area contributed by atoms with E-state index in [1.807, 2.05) is 72.8 Å². The van der Waals surface area contributed by atoms with Gasteiger partial charge >= 0.3 is 0 Å². The predicted octanol–water partition coefficient (Wildman–Crippen LogP) is 5.41. The smallest absolute Gasteiger partial charge is 0.266 e. The van der Waals surface area contributed by atoms with Crippen molar-refractivity contribution >= 4 is 33.8 Å². The molecule has 0 radical (unpaired) electrons. The number of phenols is 1. The normalized spacial score (nSPS) is 11.5. The first-order valence-electron chi connectivity index (χ1n) is 9.68. The number of rotatable bonds is 3. The van der Waals surface area contributed by atoms with Crippen LogP contribution in [-0.4, -0.2) is 14.7 Å². The zero-order valence-electron chi connectivity index (χ0n) is 16.1. The van der Waals surface area contributed by atoms with E-state index in [4.69, 9.17) is 4.98 Å². The molecule has 1 heterocycles. The molecule has 0 saturated carbocycles. The second-order valence-corrected chi connectivity index (χ2v) is 7.05. The first-order chi connectivity index (χ1) is 14.7. The van der Waals surface area contributed by atoms with Gasteiger partial charge in [0.1, 0.15) is 11.6 Å². The van der Waals surface area contributed by atoms with Crippen molar-refractivity contribution < 1.29 is 5.11 Å². The lowest BCUT2D eigenvalue weighted by atomic mass is 10.1. The number of para-hydroxylation sites is 2. The van der Waals surface area contributed by atoms with Crippen LogP contribution in [0, 0.1) is 0 Å². The number of hydrogen-bond acceptors (Lipinski definition) is 3. The molecule has 0 saturated heterocycles. The summed E-state index contributed by atoms with van der Waals surface area (Å²) in [5.41, 5.74) is 1.91. The van der Waals surface area contributed by atoms with Gasteiger partial charge in [-0.1, -0.05) is 60.7 Å². The summed E-state index contributed by atoms with van der Waals surface area (Å²) in [4.78, 5) is 18.1. The third-order valence-electron chi connectivity index (χ3n) is 5.14. The first kappa shape index (κ1) is 17.9. The Morgan fingerprint density at radius 1 is 0.767 bits per heavy atom. The highest BCUT2D eigenvalue weighted by Crippen LogP contribution is 2.22. The maximum Gasteiger partial charge on any atom is 0.266 e. The van der Waals surface area contributed by atoms with Crippen molar-refractivity contribution in [2.45, 2.75) is 0 Å². The van der Waals surface area contributed by atoms with Crippen LogP contribution in [0.1, 0.15) is 11.4 Å². The van der Waals surface area contributed by atoms with Gasteiger partial charge in [0, 0.05) is 5.56 Å². The molecule has 0 aliphatic rings. The summed E-state index contributed by atoms with van der Waals surface area (Å²) < 4.78 is 1.62. The molecule has 0 fully saturated rings. The lowest BCUT2D eigenvalue weighted by molar-refractivity contribution is 0.474. The minimum absolute atomic E-state index is 0.132. The van der Waals surface area contributed by atoms with Crippen LogP contribution in [0.15, 0.2) is 95.8 Å². The van der Waals surface area contributed by atoms with Crippen molar-refractivity contribution in [1.82, 2.24) is 9.55 Å². The van der Waals surface area contributed by atoms with Gasteiger partial charge in [-0.25, -0.2) is 4.98 Å². The van der Waals surface area contributed by atoms with Gasteiger partial charge in [0.05, 0.1) is 16.6 Å². The summed E-state index contributed by atoms with van der Waals surface area (Å²) in [6, 6.07) is 28.3. The zero-order chi connectivity index (χ0) is 20.5. The molecule has 30 heavy (non-hydrogen) atoms. The van der Waals surface area contributed by atoms with Crippen LogP contribution in [-0.2, 0) is 0 Å². The Morgan fingerprint density at radius 2 is 1.50 bits per heavy atom. The predicted molar refractivity (Wildman–Crippen MR) is 122 cm³/mol. The standard InChI is InChI=1S/C26H18N2O2/c29-24-12-6-3-8-19(24)14-16-25-27-23-11-5-4-10-22(23)26(30)28(25)21-15-13-18-7-1-2-9-20(18)17-21/h1-17,29H/b16-14+. The van der Waals surface area contributed by atoms with Crippen LogP contribution in [0.3, 0.4) is 0 Å². The van der Waals surface area contributed by atoms with Crippen molar-refractivity contribution in [1.29, 1.82) is 0 Å². The summed E-state index contributed by atoms with van der Waals surface area (Å²) in [5, 5.41) is 12.8. The average molecular weight is 390 g/mol. The van der Waals surface area contributed by atoms with E-state index in [9.17, 15) is 9.90 Å². The minimum Gasteiger partial charge on any atom is -0.507 e. The fourth-order valence-electron chi connectivity index (χ4n) is 3.62. The monoisotopic (exact) mass is 390 g/mol. The molecule has 0 aliphatic carbocycles. The molecule has 0 spiro atoms. The Kier molecular flexibility index (Phi) is 4.37. The third-order valence-corrected chi connectivity index (χ3v) is 5.14. The quantitative estimate of drug-likeness (QED) is 0.448. The minimum atomic E-state index is -0.132. The largest absolute Gasteiger partial charge is 0.507 e. The molecule has 4 heteroatoms. The molecule has 0 unspecified atom stereocenters. The molecule has 5 aromatic rings. The number of benzene rings is 4. The van der Waals surface area contributed by atoms with E-state index in [-0.39, 0.29) is 11.3 Å². The fourth-order valence-corrected chi connectivity index (χ4v) is 3.62. The molecule has 144 valence electrons. The van der Waals surface area contributed by atoms with E-state index in [2.05, 4.69) is 0 Å². The van der Waals surface area contributed by atoms with Crippen LogP contribution in [0.4, 0.5) is 0 Å². The van der Waals surface area contributed by atoms with Gasteiger partial charge < -0.3 is 5.11 Å². The number of hydrogen-bond donors (Lipinski definition) is 1. The molecule has 0 amide bonds. The second-order valence-electron chi connectivity index (χ2n) is 7.05. The summed E-state index contributed by atoms with van der Waals surface area (Å²) >= 11 is 0. The van der Waals surface area contributed by atoms with E-state index < -0.39 is 0 Å². The van der Waals surface area contributed by atoms with Crippen molar-refractivity contribution in [3.63, 3.8) is 0 Å². The number of aromatic hydroxyl groups is 1. The summed E-state index contributed by atoms with van der Waals surface area (Å²) in [6.45, 7) is 0. The summed E-state index contributed by atoms with van der Waals surface area (Å²) in [5.74, 6) is 0.673. The Morgan fingerprint density at radius 3 is 2.37 bits per heavy atom. The number of nitrogens with zero attached hydrogens (tertiary/aromatic N) is 2. The molecular formula is C26H18N2O2. The van der Waals surface area contributed by atoms with E-state index in [1.54, 1.807) is 34.9 Å². The van der Waals surface area contributed by atoms with Gasteiger partial charge in [-0.2, -0.15) is 0 Å². The van der Waals surface area contributed by atoms with Gasteiger partial charge in [-0.3, -0.25) is 9.36 Å². The lowest BCUT2D eigenvalue weighted by Gasteiger charge is -2.12. The molecule has 1 aromatic heterocycles. The van der Waals surface area contributed by atoms with Crippen molar-refractivity contribution in [2.75, 3.05) is 0 Å². The van der Waals surface area contributed by atoms with Crippen LogP contribution in [0.5, 0.6) is 5.75 Å². The Balaban J connectivity index is 1.76. The van der Waals surface area contributed by atoms with Gasteiger partial charge in [0.2, 0.25) is 0 Å². The van der Waals surface area contributed by atoms with E-state index >= 15 is 0 Å². The van der Waals surface area contributed by atoms with E-state index in [1.165, 1.54) is 0 Å². The zero-order valence-corrected chi connectivity index (χ0v) is 16.1. The SMILES string of the molecule is O=c1c2ccccc2nc(/C=C/c2ccccc2O)n1-c1ccc2ccccc2c1. The number of aromatic nitrogens is 2. The molecule has 1 N–H and O–H groups in total. The van der Waals surface area contributed by atoms with Crippen molar-refractivity contribution in [2.24, 2.45) is 0 Å². The van der Waals surface area contributed by atoms with Crippen LogP contribution in [0.2, 0.25) is 0 Å². The van der Waals surface area contributed by atoms with E-state index in [0.29, 0.717) is 22.3 Å². The van der Waals surface area contributed by atoms with Crippen LogP contribution in [0.25, 0.3) is 39.5 Å². The summed E-state index contributed by atoms with van der Waals surface area (Å²) in [7, 11) is 0. The maximum atomic E-state index is 13.4. The third kappa shape index (κ3) is 3.14. The number of fused-ring (bicyclic) bond motifs is 2. The van der Waals surface area contributed by atoms with E-state index in [0.717, 1.165) is 16.5 Å². The maximum absolute atomic E-state index is 13.4. The van der Waals surface area contributed by atoms with Crippen LogP contribution < -0.4 is 5.56 Å². The Labute approximate surface area is 173 Å². The van der Waals surface area contributed by atoms with Crippen LogP contribution >= 0.6 is 0 Å². The van der Waals surface area contributed by atoms with Gasteiger partial charge in [0.15, 0.2) is 0 Å². The van der Waals surface area contributed by atoms with Gasteiger partial charge in [-0.05, 0) is 53.3 Å². The molecule has 0 atom stereocenters. The first-order valence-corrected chi connectivity index (χ1v) is 9.68. The highest BCUT2D eigenvalue weighted by atomic mass is 16.3. The Hall–Kier alpha value is -4.18. The molecular weight excluding hydrogens is 372 g/mol. The van der Waals surface area contributed by atoms with Gasteiger partial charge in [-0.15, -0.1) is 0 Å². The molecule has 4 aromatic carbocycles. The molecule has 0 aliphatic heterocycles. The highest BCUT2D eigenvalue weighted by Gasteiger charge is 2.11. The molecule has 0 bridgehead atoms. The van der Waals surface area contributed by atoms with Crippen molar-refractivity contribution in [3.8, 4) is 11.4 Å². The summed E-state index contributed by atoms with van der Waals surface area (Å²) in [6.07, 6.45) is 3.53. The topological polar surface area (TPSA) is 55.1 Å². The average Bonchev–Trinajstić information content (AvgIpc) is 2.78. The fraction of sp³-hybridized carbons (Fsp3) is 0. The van der Waals surface area contributed by atoms with Gasteiger partial charge in [0.25, 0.3) is 5.56 Å². The molecule has 5 rings (SSSR count). The number of phenolic OH excluding ortho intramolecular Hbond substituents is 1. The molecule has 4 nitrogen and oxygen atoms in total. The second kappa shape index (κ2) is 7.33. The highest BCUT2D eigenvalue weighted by molar-refractivity contribution is 5.85. The lowest BCUT2D eigenvalue weighted by Crippen LogP contribution is -2.22. The van der Waals surface area contributed by atoms with Crippen molar-refractivity contribution in [3.05, 3.63) is 113 Å². The Bertz CT molecular complexity index is 1480.